The van der Waals surface area contributed by atoms with Gasteiger partial charge in [-0.2, -0.15) is 0 Å². The van der Waals surface area contributed by atoms with Gasteiger partial charge in [0.25, 0.3) is 0 Å². The summed E-state index contributed by atoms with van der Waals surface area (Å²) in [6, 6.07) is 13.9. The minimum Gasteiger partial charge on any atom is -0.491 e. The van der Waals surface area contributed by atoms with Crippen molar-refractivity contribution in [3.8, 4) is 17.0 Å². The fourth-order valence-electron chi connectivity index (χ4n) is 4.58. The summed E-state index contributed by atoms with van der Waals surface area (Å²) in [5.41, 5.74) is 11.0. The third-order valence-corrected chi connectivity index (χ3v) is 7.98. The molecule has 1 aromatic heterocycles. The smallest absolute Gasteiger partial charge is 0.232 e. The molecule has 3 aromatic rings. The SMILES string of the molecule is CCCS(=O)(=O)Nc1ccc(-c2c(N)c3cc(OCC4COCO4)ccc3n2C2CCC2)cc1. The Morgan fingerprint density at radius 3 is 2.62 bits per heavy atom. The van der Waals surface area contributed by atoms with Gasteiger partial charge in [-0.3, -0.25) is 4.72 Å². The minimum atomic E-state index is -3.33. The van der Waals surface area contributed by atoms with Gasteiger partial charge < -0.3 is 24.5 Å². The quantitative estimate of drug-likeness (QED) is 0.462. The Hall–Kier alpha value is -2.75. The van der Waals surface area contributed by atoms with Crippen LogP contribution < -0.4 is 15.2 Å². The Balaban J connectivity index is 1.47. The Bertz CT molecular complexity index is 1260. The molecular formula is C25H31N3O5S. The number of aromatic nitrogens is 1. The van der Waals surface area contributed by atoms with Gasteiger partial charge in [-0.05, 0) is 56.0 Å². The maximum Gasteiger partial charge on any atom is 0.232 e. The molecule has 1 unspecified atom stereocenters. The number of hydrogen-bond donors (Lipinski definition) is 2. The fourth-order valence-corrected chi connectivity index (χ4v) is 5.71. The van der Waals surface area contributed by atoms with Crippen molar-refractivity contribution < 1.29 is 22.6 Å². The van der Waals surface area contributed by atoms with Gasteiger partial charge in [0, 0.05) is 22.7 Å². The van der Waals surface area contributed by atoms with Crippen LogP contribution in [0.2, 0.25) is 0 Å². The number of nitrogens with two attached hydrogens (primary N) is 1. The van der Waals surface area contributed by atoms with Crippen LogP contribution in [0.15, 0.2) is 42.5 Å². The lowest BCUT2D eigenvalue weighted by molar-refractivity contribution is 0.0321. The molecule has 2 heterocycles. The molecule has 1 aliphatic heterocycles. The van der Waals surface area contributed by atoms with E-state index in [1.165, 1.54) is 6.42 Å². The van der Waals surface area contributed by atoms with E-state index in [1.807, 2.05) is 31.2 Å². The second-order valence-electron chi connectivity index (χ2n) is 8.98. The topological polar surface area (TPSA) is 105 Å². The van der Waals surface area contributed by atoms with E-state index in [9.17, 15) is 8.42 Å². The molecule has 0 amide bonds. The highest BCUT2D eigenvalue weighted by atomic mass is 32.2. The molecule has 2 fully saturated rings. The predicted octanol–water partition coefficient (Wildman–Crippen LogP) is 4.52. The maximum atomic E-state index is 12.1. The van der Waals surface area contributed by atoms with E-state index in [2.05, 4.69) is 15.4 Å². The van der Waals surface area contributed by atoms with Gasteiger partial charge in [0.05, 0.1) is 29.3 Å². The zero-order valence-corrected chi connectivity index (χ0v) is 20.1. The van der Waals surface area contributed by atoms with Crippen molar-refractivity contribution in [1.29, 1.82) is 0 Å². The Morgan fingerprint density at radius 1 is 1.18 bits per heavy atom. The van der Waals surface area contributed by atoms with E-state index >= 15 is 0 Å². The molecule has 5 rings (SSSR count). The van der Waals surface area contributed by atoms with Gasteiger partial charge in [-0.15, -0.1) is 0 Å². The minimum absolute atomic E-state index is 0.0588. The first kappa shape index (κ1) is 23.0. The summed E-state index contributed by atoms with van der Waals surface area (Å²) in [4.78, 5) is 0. The number of rotatable bonds is 9. The summed E-state index contributed by atoms with van der Waals surface area (Å²) in [7, 11) is -3.33. The lowest BCUT2D eigenvalue weighted by Gasteiger charge is -2.30. The number of nitrogens with one attached hydrogen (secondary N) is 1. The van der Waals surface area contributed by atoms with Crippen molar-refractivity contribution in [1.82, 2.24) is 4.57 Å². The summed E-state index contributed by atoms with van der Waals surface area (Å²) in [6.45, 7) is 3.12. The zero-order chi connectivity index (χ0) is 23.7. The van der Waals surface area contributed by atoms with Crippen LogP contribution >= 0.6 is 0 Å². The van der Waals surface area contributed by atoms with E-state index in [0.29, 0.717) is 43.8 Å². The van der Waals surface area contributed by atoms with E-state index in [4.69, 9.17) is 19.9 Å². The molecule has 2 aromatic carbocycles. The third-order valence-electron chi connectivity index (χ3n) is 6.48. The molecule has 1 saturated carbocycles. The average molecular weight is 486 g/mol. The number of fused-ring (bicyclic) bond motifs is 1. The fraction of sp³-hybridized carbons (Fsp3) is 0.440. The first-order chi connectivity index (χ1) is 16.4. The van der Waals surface area contributed by atoms with E-state index in [0.717, 1.165) is 40.8 Å². The summed E-state index contributed by atoms with van der Waals surface area (Å²) in [6.07, 6.45) is 3.94. The zero-order valence-electron chi connectivity index (χ0n) is 19.3. The van der Waals surface area contributed by atoms with Crippen LogP contribution in [-0.4, -0.2) is 44.8 Å². The van der Waals surface area contributed by atoms with Crippen LogP contribution in [0, 0.1) is 0 Å². The Kier molecular flexibility index (Phi) is 6.42. The second-order valence-corrected chi connectivity index (χ2v) is 10.8. The van der Waals surface area contributed by atoms with Crippen molar-refractivity contribution in [3.05, 3.63) is 42.5 Å². The maximum absolute atomic E-state index is 12.1. The van der Waals surface area contributed by atoms with Crippen LogP contribution in [0.1, 0.15) is 38.6 Å². The normalized spacial score (nSPS) is 18.8. The van der Waals surface area contributed by atoms with Gasteiger partial charge in [-0.1, -0.05) is 19.1 Å². The molecule has 2 aliphatic rings. The highest BCUT2D eigenvalue weighted by molar-refractivity contribution is 7.92. The lowest BCUT2D eigenvalue weighted by atomic mass is 9.92. The van der Waals surface area contributed by atoms with E-state index < -0.39 is 10.0 Å². The number of nitrogens with zero attached hydrogens (tertiary/aromatic N) is 1. The summed E-state index contributed by atoms with van der Waals surface area (Å²) in [5.74, 6) is 0.842. The van der Waals surface area contributed by atoms with Crippen molar-refractivity contribution in [3.63, 3.8) is 0 Å². The Labute approximate surface area is 200 Å². The molecule has 8 nitrogen and oxygen atoms in total. The number of sulfonamides is 1. The Morgan fingerprint density at radius 2 is 1.97 bits per heavy atom. The van der Waals surface area contributed by atoms with E-state index in [-0.39, 0.29) is 11.9 Å². The van der Waals surface area contributed by atoms with Gasteiger partial charge >= 0.3 is 0 Å². The van der Waals surface area contributed by atoms with Crippen LogP contribution in [0.4, 0.5) is 11.4 Å². The summed E-state index contributed by atoms with van der Waals surface area (Å²) in [5, 5.41) is 0.954. The van der Waals surface area contributed by atoms with Crippen molar-refractivity contribution in [2.45, 2.75) is 44.8 Å². The molecule has 1 saturated heterocycles. The molecule has 0 bridgehead atoms. The molecule has 9 heteroatoms. The first-order valence-corrected chi connectivity index (χ1v) is 13.5. The third kappa shape index (κ3) is 4.60. The molecule has 0 spiro atoms. The van der Waals surface area contributed by atoms with Crippen LogP contribution in [0.3, 0.4) is 0 Å². The van der Waals surface area contributed by atoms with Crippen LogP contribution in [0.25, 0.3) is 22.2 Å². The number of hydrogen-bond acceptors (Lipinski definition) is 6. The number of ether oxygens (including phenoxy) is 3. The van der Waals surface area contributed by atoms with Crippen molar-refractivity contribution in [2.24, 2.45) is 0 Å². The second kappa shape index (κ2) is 9.48. The molecular weight excluding hydrogens is 454 g/mol. The summed E-state index contributed by atoms with van der Waals surface area (Å²) >= 11 is 0. The average Bonchev–Trinajstić information content (AvgIpc) is 3.39. The van der Waals surface area contributed by atoms with Gasteiger partial charge in [0.1, 0.15) is 25.3 Å². The first-order valence-electron chi connectivity index (χ1n) is 11.8. The molecule has 182 valence electrons. The highest BCUT2D eigenvalue weighted by Crippen LogP contribution is 2.45. The largest absolute Gasteiger partial charge is 0.491 e. The molecule has 0 radical (unpaired) electrons. The summed E-state index contributed by atoms with van der Waals surface area (Å²) < 4.78 is 45.9. The molecule has 1 atom stereocenters. The monoisotopic (exact) mass is 485 g/mol. The van der Waals surface area contributed by atoms with Gasteiger partial charge in [0.2, 0.25) is 10.0 Å². The van der Waals surface area contributed by atoms with Gasteiger partial charge in [-0.25, -0.2) is 8.42 Å². The van der Waals surface area contributed by atoms with Crippen LogP contribution in [-0.2, 0) is 19.5 Å². The lowest BCUT2D eigenvalue weighted by Crippen LogP contribution is -2.19. The number of anilines is 2. The van der Waals surface area contributed by atoms with Gasteiger partial charge in [0.15, 0.2) is 0 Å². The number of nitrogen functional groups attached to an aromatic ring is 1. The van der Waals surface area contributed by atoms with Crippen LogP contribution in [0.5, 0.6) is 5.75 Å². The molecule has 3 N–H and O–H groups in total. The standard InChI is InChI=1S/C25H31N3O5S/c1-2-12-34(29,30)27-18-8-6-17(7-9-18)25-24(26)22-13-20(32-15-21-14-31-16-33-21)10-11-23(22)28(25)19-4-3-5-19/h6-11,13,19,21,27H,2-5,12,14-16,26H2,1H3. The van der Waals surface area contributed by atoms with Crippen molar-refractivity contribution >= 4 is 32.3 Å². The molecule has 1 aliphatic carbocycles. The molecule has 34 heavy (non-hydrogen) atoms. The number of benzene rings is 2. The van der Waals surface area contributed by atoms with E-state index in [1.54, 1.807) is 12.1 Å². The predicted molar refractivity (Wildman–Crippen MR) is 134 cm³/mol. The highest BCUT2D eigenvalue weighted by Gasteiger charge is 2.27. The van der Waals surface area contributed by atoms with Crippen molar-refractivity contribution in [2.75, 3.05) is 36.2 Å².